The molecule has 1 heterocycles. The van der Waals surface area contributed by atoms with E-state index < -0.39 is 18.0 Å². The maximum absolute atomic E-state index is 13.0. The summed E-state index contributed by atoms with van der Waals surface area (Å²) in [5.74, 6) is -0.299. The third-order valence-corrected chi connectivity index (χ3v) is 5.16. The number of benzene rings is 3. The summed E-state index contributed by atoms with van der Waals surface area (Å²) in [7, 11) is 0. The van der Waals surface area contributed by atoms with E-state index in [0.717, 1.165) is 0 Å². The van der Waals surface area contributed by atoms with Gasteiger partial charge in [-0.2, -0.15) is 0 Å². The lowest BCUT2D eigenvalue weighted by atomic mass is 10.1. The molecule has 4 rings (SSSR count). The maximum atomic E-state index is 13.0. The molecule has 0 saturated heterocycles. The van der Waals surface area contributed by atoms with Crippen LogP contribution < -0.4 is 14.9 Å². The van der Waals surface area contributed by atoms with Crippen molar-refractivity contribution >= 4 is 22.9 Å². The number of carbonyl (C=O) groups excluding carboxylic acids is 2. The molecule has 0 saturated carbocycles. The molecule has 8 heteroatoms. The number of esters is 2. The van der Waals surface area contributed by atoms with Crippen molar-refractivity contribution in [2.24, 2.45) is 0 Å². The van der Waals surface area contributed by atoms with Gasteiger partial charge in [-0.15, -0.1) is 0 Å². The normalized spacial score (nSPS) is 11.5. The highest BCUT2D eigenvalue weighted by atomic mass is 16.6. The molecule has 184 valence electrons. The Balaban J connectivity index is 1.56. The number of hydrogen-bond acceptors (Lipinski definition) is 8. The van der Waals surface area contributed by atoms with E-state index in [0.29, 0.717) is 22.6 Å². The zero-order valence-electron chi connectivity index (χ0n) is 19.8. The summed E-state index contributed by atoms with van der Waals surface area (Å²) in [5, 5.41) is 0.274. The molecule has 0 aliphatic rings. The van der Waals surface area contributed by atoms with Crippen LogP contribution in [0.5, 0.6) is 17.2 Å². The Kier molecular flexibility index (Phi) is 7.65. The van der Waals surface area contributed by atoms with E-state index >= 15 is 0 Å². The van der Waals surface area contributed by atoms with Crippen LogP contribution in [0.2, 0.25) is 0 Å². The first-order chi connectivity index (χ1) is 17.5. The molecule has 0 fully saturated rings. The lowest BCUT2D eigenvalue weighted by Gasteiger charge is -2.18. The van der Waals surface area contributed by atoms with Gasteiger partial charge in [-0.05, 0) is 50.2 Å². The maximum Gasteiger partial charge on any atom is 0.352 e. The van der Waals surface area contributed by atoms with Crippen LogP contribution in [0.1, 0.15) is 35.9 Å². The van der Waals surface area contributed by atoms with E-state index in [9.17, 15) is 14.4 Å². The van der Waals surface area contributed by atoms with Gasteiger partial charge in [-0.3, -0.25) is 4.79 Å². The van der Waals surface area contributed by atoms with Gasteiger partial charge in [0.15, 0.2) is 0 Å². The van der Waals surface area contributed by atoms with E-state index in [-0.39, 0.29) is 35.4 Å². The van der Waals surface area contributed by atoms with Crippen LogP contribution in [0.3, 0.4) is 0 Å². The first kappa shape index (κ1) is 24.5. The molecule has 3 aromatic carbocycles. The number of fused-ring (bicyclic) bond motifs is 1. The van der Waals surface area contributed by atoms with Gasteiger partial charge in [-0.25, -0.2) is 9.59 Å². The third kappa shape index (κ3) is 5.55. The second-order valence-electron chi connectivity index (χ2n) is 7.59. The molecule has 0 radical (unpaired) electrons. The summed E-state index contributed by atoms with van der Waals surface area (Å²) in [6.45, 7) is 3.94. The van der Waals surface area contributed by atoms with Crippen LogP contribution in [0.15, 0.2) is 88.3 Å². The van der Waals surface area contributed by atoms with Crippen LogP contribution in [-0.4, -0.2) is 25.2 Å². The van der Waals surface area contributed by atoms with Gasteiger partial charge in [0.25, 0.3) is 0 Å². The Labute approximate surface area is 207 Å². The molecular formula is C28H24O8. The molecule has 8 nitrogen and oxygen atoms in total. The summed E-state index contributed by atoms with van der Waals surface area (Å²) in [6, 6.07) is 19.8. The Morgan fingerprint density at radius 2 is 1.56 bits per heavy atom. The minimum atomic E-state index is -0.976. The molecule has 36 heavy (non-hydrogen) atoms. The summed E-state index contributed by atoms with van der Waals surface area (Å²) < 4.78 is 27.4. The predicted octanol–water partition coefficient (Wildman–Crippen LogP) is 5.45. The number of carbonyl (C=O) groups is 2. The fourth-order valence-corrected chi connectivity index (χ4v) is 3.47. The Morgan fingerprint density at radius 1 is 0.861 bits per heavy atom. The lowest BCUT2D eigenvalue weighted by Crippen LogP contribution is -2.21. The van der Waals surface area contributed by atoms with E-state index in [2.05, 4.69) is 0 Å². The molecule has 0 amide bonds. The summed E-state index contributed by atoms with van der Waals surface area (Å²) in [4.78, 5) is 37.3. The third-order valence-electron chi connectivity index (χ3n) is 5.16. The van der Waals surface area contributed by atoms with E-state index in [4.69, 9.17) is 23.4 Å². The summed E-state index contributed by atoms with van der Waals surface area (Å²) in [5.41, 5.74) is 0.884. The van der Waals surface area contributed by atoms with Crippen molar-refractivity contribution in [3.63, 3.8) is 0 Å². The van der Waals surface area contributed by atoms with Crippen molar-refractivity contribution in [3.8, 4) is 17.2 Å². The van der Waals surface area contributed by atoms with Crippen LogP contribution in [0.4, 0.5) is 0 Å². The first-order valence-electron chi connectivity index (χ1n) is 11.4. The fraction of sp³-hybridized carbons (Fsp3) is 0.179. The van der Waals surface area contributed by atoms with Gasteiger partial charge >= 0.3 is 11.9 Å². The van der Waals surface area contributed by atoms with Crippen LogP contribution >= 0.6 is 0 Å². The molecule has 1 unspecified atom stereocenters. The van der Waals surface area contributed by atoms with Gasteiger partial charge in [0, 0.05) is 11.6 Å². The number of rotatable bonds is 9. The monoisotopic (exact) mass is 488 g/mol. The Bertz CT molecular complexity index is 1410. The minimum Gasteiger partial charge on any atom is -0.474 e. The van der Waals surface area contributed by atoms with Crippen molar-refractivity contribution in [1.82, 2.24) is 0 Å². The molecule has 1 aromatic heterocycles. The second kappa shape index (κ2) is 11.2. The van der Waals surface area contributed by atoms with Gasteiger partial charge in [-0.1, -0.05) is 30.3 Å². The Hall–Kier alpha value is -4.59. The van der Waals surface area contributed by atoms with Crippen molar-refractivity contribution in [1.29, 1.82) is 0 Å². The van der Waals surface area contributed by atoms with Crippen LogP contribution in [0, 0.1) is 0 Å². The van der Waals surface area contributed by atoms with E-state index in [1.807, 2.05) is 6.07 Å². The number of hydrogen-bond donors (Lipinski definition) is 0. The van der Waals surface area contributed by atoms with Crippen molar-refractivity contribution in [2.45, 2.75) is 20.0 Å². The first-order valence-corrected chi connectivity index (χ1v) is 11.4. The molecule has 0 aliphatic carbocycles. The van der Waals surface area contributed by atoms with Gasteiger partial charge in [0.05, 0.1) is 24.2 Å². The lowest BCUT2D eigenvalue weighted by molar-refractivity contribution is -0.151. The fourth-order valence-electron chi connectivity index (χ4n) is 3.47. The smallest absolute Gasteiger partial charge is 0.352 e. The zero-order chi connectivity index (χ0) is 25.5. The zero-order valence-corrected chi connectivity index (χ0v) is 19.8. The summed E-state index contributed by atoms with van der Waals surface area (Å²) in [6.07, 6.45) is 0.226. The summed E-state index contributed by atoms with van der Waals surface area (Å²) >= 11 is 0. The number of ether oxygens (including phenoxy) is 4. The molecule has 4 aromatic rings. The topological polar surface area (TPSA) is 101 Å². The van der Waals surface area contributed by atoms with E-state index in [1.54, 1.807) is 74.5 Å². The largest absolute Gasteiger partial charge is 0.474 e. The highest BCUT2D eigenvalue weighted by Crippen LogP contribution is 2.28. The predicted molar refractivity (Wildman–Crippen MR) is 131 cm³/mol. The van der Waals surface area contributed by atoms with Crippen LogP contribution in [-0.2, 0) is 14.3 Å². The molecule has 0 N–H and O–H groups in total. The SMILES string of the molecule is CCOC(=O)c1ccc(Oc2coc3cc(OC(C(=O)OCC)c4ccccc4)ccc3c2=O)cc1. The van der Waals surface area contributed by atoms with Crippen LogP contribution in [0.25, 0.3) is 11.0 Å². The Morgan fingerprint density at radius 3 is 2.25 bits per heavy atom. The average molecular weight is 488 g/mol. The van der Waals surface area contributed by atoms with Crippen molar-refractivity contribution in [3.05, 3.63) is 100 Å². The van der Waals surface area contributed by atoms with E-state index in [1.165, 1.54) is 12.3 Å². The molecular weight excluding hydrogens is 464 g/mol. The highest BCUT2D eigenvalue weighted by molar-refractivity contribution is 5.89. The molecule has 0 bridgehead atoms. The van der Waals surface area contributed by atoms with Gasteiger partial charge < -0.3 is 23.4 Å². The van der Waals surface area contributed by atoms with Crippen molar-refractivity contribution in [2.75, 3.05) is 13.2 Å². The quantitative estimate of drug-likeness (QED) is 0.287. The molecule has 0 spiro atoms. The standard InChI is InChI=1S/C28H24O8/c1-3-32-27(30)19-10-12-20(13-11-19)35-24-17-34-23-16-21(14-15-22(23)25(24)29)36-26(28(31)33-4-2)18-8-6-5-7-9-18/h5-17,26H,3-4H2,1-2H3. The minimum absolute atomic E-state index is 0.0197. The van der Waals surface area contributed by atoms with Crippen molar-refractivity contribution < 1.29 is 33.0 Å². The highest BCUT2D eigenvalue weighted by Gasteiger charge is 2.24. The average Bonchev–Trinajstić information content (AvgIpc) is 2.90. The molecule has 1 atom stereocenters. The van der Waals surface area contributed by atoms with Gasteiger partial charge in [0.2, 0.25) is 17.3 Å². The molecule has 0 aliphatic heterocycles. The second-order valence-corrected chi connectivity index (χ2v) is 7.59. The van der Waals surface area contributed by atoms with Gasteiger partial charge in [0.1, 0.15) is 23.3 Å².